The van der Waals surface area contributed by atoms with Gasteiger partial charge < -0.3 is 0 Å². The smallest absolute Gasteiger partial charge is 0.289 e. The van der Waals surface area contributed by atoms with Gasteiger partial charge in [-0.3, -0.25) is 9.78 Å². The second-order valence-corrected chi connectivity index (χ2v) is 3.48. The van der Waals surface area contributed by atoms with E-state index in [1.54, 1.807) is 6.92 Å². The number of hydrogen-bond donors (Lipinski definition) is 0. The highest BCUT2D eigenvalue weighted by molar-refractivity contribution is 5.86. The predicted octanol–water partition coefficient (Wildman–Crippen LogP) is 2.29. The number of carbonyl (C=O) groups is 1. The highest BCUT2D eigenvalue weighted by Gasteiger charge is 2.24. The highest BCUT2D eigenvalue weighted by atomic mass is 19.3. The Bertz CT molecular complexity index is 567. The summed E-state index contributed by atoms with van der Waals surface area (Å²) in [6.45, 7) is 1.55. The molecule has 0 N–H and O–H groups in total. The molecule has 0 bridgehead atoms. The number of rotatable bonds is 3. The minimum atomic E-state index is -3.16. The molecule has 4 nitrogen and oxygen atoms in total. The summed E-state index contributed by atoms with van der Waals surface area (Å²) in [4.78, 5) is 14.2. The second kappa shape index (κ2) is 4.15. The van der Waals surface area contributed by atoms with E-state index in [1.807, 2.05) is 0 Å². The van der Waals surface area contributed by atoms with Crippen molar-refractivity contribution in [3.8, 4) is 0 Å². The van der Waals surface area contributed by atoms with Crippen LogP contribution in [-0.2, 0) is 0 Å². The van der Waals surface area contributed by atoms with E-state index in [1.165, 1.54) is 6.07 Å². The Morgan fingerprint density at radius 3 is 2.71 bits per heavy atom. The van der Waals surface area contributed by atoms with Crippen molar-refractivity contribution in [2.45, 2.75) is 19.6 Å². The fraction of sp³-hybridized carbons (Fsp3) is 0.300. The van der Waals surface area contributed by atoms with E-state index in [9.17, 15) is 18.0 Å². The van der Waals surface area contributed by atoms with Gasteiger partial charge in [-0.15, -0.1) is 0 Å². The predicted molar refractivity (Wildman–Crippen MR) is 53.8 cm³/mol. The zero-order chi connectivity index (χ0) is 12.6. The molecule has 0 saturated heterocycles. The molecule has 0 aliphatic heterocycles. The lowest BCUT2D eigenvalue weighted by atomic mass is 10.2. The first-order valence-corrected chi connectivity index (χ1v) is 4.77. The van der Waals surface area contributed by atoms with Crippen LogP contribution in [-0.4, -0.2) is 27.5 Å². The summed E-state index contributed by atoms with van der Waals surface area (Å²) < 4.78 is 38.4. The minimum absolute atomic E-state index is 0.140. The Labute approximate surface area is 94.1 Å². The Hall–Kier alpha value is -1.92. The average molecular weight is 243 g/mol. The summed E-state index contributed by atoms with van der Waals surface area (Å²) in [5.41, 5.74) is 0.655. The third kappa shape index (κ3) is 1.88. The van der Waals surface area contributed by atoms with Crippen LogP contribution in [0.4, 0.5) is 13.2 Å². The zero-order valence-corrected chi connectivity index (χ0v) is 8.77. The van der Waals surface area contributed by atoms with E-state index in [0.717, 1.165) is 6.20 Å². The van der Waals surface area contributed by atoms with Crippen molar-refractivity contribution in [2.75, 3.05) is 0 Å². The Morgan fingerprint density at radius 1 is 1.41 bits per heavy atom. The van der Waals surface area contributed by atoms with Crippen LogP contribution in [0.1, 0.15) is 22.5 Å². The maximum atomic E-state index is 13.2. The number of aryl methyl sites for hydroxylation is 1. The van der Waals surface area contributed by atoms with Crippen molar-refractivity contribution in [3.63, 3.8) is 0 Å². The molecule has 0 fully saturated rings. The molecule has 2 aromatic heterocycles. The highest BCUT2D eigenvalue weighted by Crippen LogP contribution is 2.25. The van der Waals surface area contributed by atoms with E-state index in [4.69, 9.17) is 0 Å². The molecule has 0 aliphatic carbocycles. The van der Waals surface area contributed by atoms with Gasteiger partial charge in [-0.05, 0) is 13.0 Å². The maximum absolute atomic E-state index is 13.2. The van der Waals surface area contributed by atoms with E-state index in [0.29, 0.717) is 22.0 Å². The van der Waals surface area contributed by atoms with Crippen molar-refractivity contribution >= 4 is 17.2 Å². The molecule has 0 aliphatic rings. The topological polar surface area (TPSA) is 47.8 Å². The summed E-state index contributed by atoms with van der Waals surface area (Å²) in [6, 6.07) is 1.39. The first-order chi connectivity index (χ1) is 8.04. The van der Waals surface area contributed by atoms with Gasteiger partial charge in [0.15, 0.2) is 6.29 Å². The largest absolute Gasteiger partial charge is 0.296 e. The molecule has 2 aromatic rings. The lowest BCUT2D eigenvalue weighted by molar-refractivity contribution is 0.00326. The minimum Gasteiger partial charge on any atom is -0.296 e. The molecule has 1 unspecified atom stereocenters. The van der Waals surface area contributed by atoms with Crippen molar-refractivity contribution in [1.82, 2.24) is 14.8 Å². The molecule has 2 rings (SSSR count). The van der Waals surface area contributed by atoms with Crippen LogP contribution in [0.25, 0.3) is 10.9 Å². The zero-order valence-electron chi connectivity index (χ0n) is 8.77. The first-order valence-electron chi connectivity index (χ1n) is 4.77. The number of aldehydes is 1. The maximum Gasteiger partial charge on any atom is 0.289 e. The summed E-state index contributed by atoms with van der Waals surface area (Å²) in [6.07, 6.45) is -4.00. The van der Waals surface area contributed by atoms with Crippen LogP contribution in [0, 0.1) is 6.92 Å². The van der Waals surface area contributed by atoms with Gasteiger partial charge in [0, 0.05) is 5.39 Å². The number of aromatic nitrogens is 3. The molecule has 2 heterocycles. The number of alkyl halides is 3. The van der Waals surface area contributed by atoms with Gasteiger partial charge in [0.1, 0.15) is 5.69 Å². The Morgan fingerprint density at radius 2 is 2.12 bits per heavy atom. The standard InChI is InChI=1S/C10H8F3N3O/c1-5-7-2-6(4-17)14-3-8(7)16(15-5)10(13)9(11)12/h2-4,9-10H,1H3. The summed E-state index contributed by atoms with van der Waals surface area (Å²) in [5, 5.41) is 4.13. The van der Waals surface area contributed by atoms with Crippen LogP contribution in [0.3, 0.4) is 0 Å². The number of pyridine rings is 1. The molecule has 7 heteroatoms. The van der Waals surface area contributed by atoms with Crippen LogP contribution in [0.15, 0.2) is 12.3 Å². The number of hydrogen-bond acceptors (Lipinski definition) is 3. The summed E-state index contributed by atoms with van der Waals surface area (Å²) >= 11 is 0. The van der Waals surface area contributed by atoms with Crippen molar-refractivity contribution in [3.05, 3.63) is 23.7 Å². The lowest BCUT2D eigenvalue weighted by Crippen LogP contribution is -2.13. The van der Waals surface area contributed by atoms with Gasteiger partial charge in [-0.2, -0.15) is 5.10 Å². The molecular weight excluding hydrogens is 235 g/mol. The molecule has 17 heavy (non-hydrogen) atoms. The summed E-state index contributed by atoms with van der Waals surface area (Å²) in [5.74, 6) is 0. The van der Waals surface area contributed by atoms with Crippen LogP contribution >= 0.6 is 0 Å². The Kier molecular flexibility index (Phi) is 2.83. The second-order valence-electron chi connectivity index (χ2n) is 3.48. The fourth-order valence-corrected chi connectivity index (χ4v) is 1.57. The van der Waals surface area contributed by atoms with Gasteiger partial charge in [0.05, 0.1) is 17.4 Å². The van der Waals surface area contributed by atoms with Crippen molar-refractivity contribution in [2.24, 2.45) is 0 Å². The van der Waals surface area contributed by atoms with Gasteiger partial charge >= 0.3 is 0 Å². The fourth-order valence-electron chi connectivity index (χ4n) is 1.57. The van der Waals surface area contributed by atoms with Crippen molar-refractivity contribution < 1.29 is 18.0 Å². The third-order valence-corrected chi connectivity index (χ3v) is 2.36. The third-order valence-electron chi connectivity index (χ3n) is 2.36. The molecule has 0 radical (unpaired) electrons. The monoisotopic (exact) mass is 243 g/mol. The molecular formula is C10H8F3N3O. The Balaban J connectivity index is 2.63. The van der Waals surface area contributed by atoms with Gasteiger partial charge in [-0.25, -0.2) is 17.9 Å². The molecule has 0 amide bonds. The van der Waals surface area contributed by atoms with Crippen LogP contribution in [0.5, 0.6) is 0 Å². The molecule has 0 saturated carbocycles. The first kappa shape index (κ1) is 11.6. The average Bonchev–Trinajstić information content (AvgIpc) is 2.65. The van der Waals surface area contributed by atoms with Gasteiger partial charge in [-0.1, -0.05) is 0 Å². The molecule has 1 atom stereocenters. The van der Waals surface area contributed by atoms with E-state index >= 15 is 0 Å². The number of carbonyl (C=O) groups excluding carboxylic acids is 1. The van der Waals surface area contributed by atoms with E-state index in [2.05, 4.69) is 10.1 Å². The number of fused-ring (bicyclic) bond motifs is 1. The SMILES string of the molecule is Cc1nn(C(F)C(F)F)c2cnc(C=O)cc12. The molecule has 90 valence electrons. The number of halogens is 3. The van der Waals surface area contributed by atoms with Gasteiger partial charge in [0.2, 0.25) is 0 Å². The summed E-state index contributed by atoms with van der Waals surface area (Å²) in [7, 11) is 0. The van der Waals surface area contributed by atoms with E-state index in [-0.39, 0.29) is 11.2 Å². The molecule has 0 spiro atoms. The van der Waals surface area contributed by atoms with Gasteiger partial charge in [0.25, 0.3) is 12.7 Å². The molecule has 0 aromatic carbocycles. The number of nitrogens with zero attached hydrogens (tertiary/aromatic N) is 3. The normalized spacial score (nSPS) is 13.2. The quantitative estimate of drug-likeness (QED) is 0.777. The van der Waals surface area contributed by atoms with Crippen molar-refractivity contribution in [1.29, 1.82) is 0 Å². The van der Waals surface area contributed by atoms with E-state index < -0.39 is 12.7 Å². The van der Waals surface area contributed by atoms with Crippen LogP contribution in [0.2, 0.25) is 0 Å². The lowest BCUT2D eigenvalue weighted by Gasteiger charge is -2.08. The van der Waals surface area contributed by atoms with Crippen LogP contribution < -0.4 is 0 Å².